The third-order valence-corrected chi connectivity index (χ3v) is 5.14. The second kappa shape index (κ2) is 5.33. The van der Waals surface area contributed by atoms with Gasteiger partial charge in [0.1, 0.15) is 11.8 Å². The maximum atomic E-state index is 9.73. The van der Waals surface area contributed by atoms with Crippen LogP contribution in [0.4, 0.5) is 5.82 Å². The number of aliphatic hydroxyl groups excluding tert-OH is 1. The average Bonchev–Trinajstić information content (AvgIpc) is 3.14. The van der Waals surface area contributed by atoms with Crippen molar-refractivity contribution in [3.8, 4) is 0 Å². The Morgan fingerprint density at radius 2 is 2.27 bits per heavy atom. The first-order chi connectivity index (χ1) is 10.8. The van der Waals surface area contributed by atoms with E-state index in [1.54, 1.807) is 17.7 Å². The summed E-state index contributed by atoms with van der Waals surface area (Å²) >= 11 is 1.64. The van der Waals surface area contributed by atoms with E-state index in [4.69, 9.17) is 0 Å². The number of fused-ring (bicyclic) bond motifs is 1. The van der Waals surface area contributed by atoms with Gasteiger partial charge in [0.15, 0.2) is 11.5 Å². The molecule has 7 heteroatoms. The average molecular weight is 315 g/mol. The molecule has 0 aromatic carbocycles. The summed E-state index contributed by atoms with van der Waals surface area (Å²) in [5, 5.41) is 15.1. The lowest BCUT2D eigenvalue weighted by Crippen LogP contribution is -2.15. The van der Waals surface area contributed by atoms with Crippen LogP contribution in [-0.4, -0.2) is 31.2 Å². The summed E-state index contributed by atoms with van der Waals surface area (Å²) in [6.45, 7) is 2.06. The molecule has 1 aliphatic carbocycles. The molecular formula is C15H17N5OS. The number of imidazole rings is 1. The van der Waals surface area contributed by atoms with Gasteiger partial charge in [0, 0.05) is 10.9 Å². The van der Waals surface area contributed by atoms with Crippen molar-refractivity contribution in [2.24, 2.45) is 0 Å². The van der Waals surface area contributed by atoms with Crippen molar-refractivity contribution in [1.29, 1.82) is 0 Å². The molecule has 0 spiro atoms. The molecule has 0 radical (unpaired) electrons. The third-order valence-electron chi connectivity index (χ3n) is 4.01. The molecule has 3 aromatic heterocycles. The number of anilines is 1. The molecule has 0 saturated heterocycles. The van der Waals surface area contributed by atoms with Crippen LogP contribution >= 0.6 is 11.3 Å². The number of nitrogens with one attached hydrogen (secondary N) is 1. The Hall–Kier alpha value is -1.99. The van der Waals surface area contributed by atoms with Crippen LogP contribution in [0.5, 0.6) is 0 Å². The van der Waals surface area contributed by atoms with Crippen LogP contribution in [0.25, 0.3) is 11.2 Å². The Bertz CT molecular complexity index is 807. The number of rotatable bonds is 5. The van der Waals surface area contributed by atoms with Crippen LogP contribution in [0, 0.1) is 6.92 Å². The maximum absolute atomic E-state index is 9.73. The lowest BCUT2D eigenvalue weighted by molar-refractivity contribution is 0.277. The fourth-order valence-electron chi connectivity index (χ4n) is 2.68. The molecule has 0 amide bonds. The number of hydrogen-bond acceptors (Lipinski definition) is 6. The zero-order chi connectivity index (χ0) is 15.1. The zero-order valence-corrected chi connectivity index (χ0v) is 13.0. The van der Waals surface area contributed by atoms with Crippen LogP contribution in [0.2, 0.25) is 0 Å². The molecule has 0 bridgehead atoms. The van der Waals surface area contributed by atoms with Gasteiger partial charge in [-0.15, -0.1) is 11.3 Å². The summed E-state index contributed by atoms with van der Waals surface area (Å²) in [5.74, 6) is 0.677. The Morgan fingerprint density at radius 1 is 1.41 bits per heavy atom. The predicted molar refractivity (Wildman–Crippen MR) is 86.1 cm³/mol. The quantitative estimate of drug-likeness (QED) is 0.757. The van der Waals surface area contributed by atoms with Crippen molar-refractivity contribution in [2.45, 2.75) is 31.8 Å². The van der Waals surface area contributed by atoms with E-state index in [0.717, 1.165) is 16.0 Å². The van der Waals surface area contributed by atoms with Crippen molar-refractivity contribution < 1.29 is 5.11 Å². The van der Waals surface area contributed by atoms with Gasteiger partial charge < -0.3 is 15.0 Å². The molecular weight excluding hydrogens is 298 g/mol. The van der Waals surface area contributed by atoms with E-state index in [-0.39, 0.29) is 12.6 Å². The lowest BCUT2D eigenvalue weighted by atomic mass is 10.2. The van der Waals surface area contributed by atoms with Gasteiger partial charge in [-0.05, 0) is 36.8 Å². The van der Waals surface area contributed by atoms with Crippen LogP contribution in [0.1, 0.15) is 35.4 Å². The summed E-state index contributed by atoms with van der Waals surface area (Å²) in [6.07, 6.45) is 5.77. The van der Waals surface area contributed by atoms with E-state index in [0.29, 0.717) is 11.9 Å². The smallest absolute Gasteiger partial charge is 0.165 e. The standard InChI is InChI=1S/C15H17N5OS/c1-9-4-5-22-13(9)11(6-21)19-14-12-15(17-7-16-14)20(8-18-12)10-2-3-10/h4-5,7-8,10-11,21H,2-3,6H2,1H3,(H,16,17,19). The van der Waals surface area contributed by atoms with Gasteiger partial charge in [0.2, 0.25) is 0 Å². The second-order valence-corrected chi connectivity index (χ2v) is 6.57. The minimum atomic E-state index is -0.177. The summed E-state index contributed by atoms with van der Waals surface area (Å²) in [5.41, 5.74) is 2.80. The van der Waals surface area contributed by atoms with Gasteiger partial charge in [-0.2, -0.15) is 0 Å². The number of aliphatic hydroxyl groups is 1. The molecule has 6 nitrogen and oxygen atoms in total. The third kappa shape index (κ3) is 2.26. The summed E-state index contributed by atoms with van der Waals surface area (Å²) in [4.78, 5) is 14.3. The fraction of sp³-hybridized carbons (Fsp3) is 0.400. The molecule has 3 heterocycles. The Labute approximate surface area is 131 Å². The van der Waals surface area contributed by atoms with Gasteiger partial charge in [0.05, 0.1) is 19.0 Å². The zero-order valence-electron chi connectivity index (χ0n) is 12.2. The van der Waals surface area contributed by atoms with Gasteiger partial charge in [0.25, 0.3) is 0 Å². The normalized spacial score (nSPS) is 16.1. The van der Waals surface area contributed by atoms with Gasteiger partial charge in [-0.25, -0.2) is 15.0 Å². The fourth-order valence-corrected chi connectivity index (χ4v) is 3.65. The van der Waals surface area contributed by atoms with Gasteiger partial charge >= 0.3 is 0 Å². The Kier molecular flexibility index (Phi) is 3.31. The molecule has 114 valence electrons. The Morgan fingerprint density at radius 3 is 2.95 bits per heavy atom. The van der Waals surface area contributed by atoms with E-state index in [1.165, 1.54) is 18.4 Å². The molecule has 1 atom stereocenters. The van der Waals surface area contributed by atoms with E-state index in [2.05, 4.69) is 30.9 Å². The maximum Gasteiger partial charge on any atom is 0.165 e. The molecule has 4 rings (SSSR count). The van der Waals surface area contributed by atoms with E-state index >= 15 is 0 Å². The molecule has 1 unspecified atom stereocenters. The van der Waals surface area contributed by atoms with Crippen molar-refractivity contribution in [1.82, 2.24) is 19.5 Å². The van der Waals surface area contributed by atoms with E-state index in [9.17, 15) is 5.11 Å². The van der Waals surface area contributed by atoms with Crippen molar-refractivity contribution in [2.75, 3.05) is 11.9 Å². The monoisotopic (exact) mass is 315 g/mol. The lowest BCUT2D eigenvalue weighted by Gasteiger charge is -2.16. The SMILES string of the molecule is Cc1ccsc1C(CO)Nc1ncnc2c1ncn2C1CC1. The molecule has 22 heavy (non-hydrogen) atoms. The number of nitrogens with zero attached hydrogens (tertiary/aromatic N) is 4. The highest BCUT2D eigenvalue weighted by Gasteiger charge is 2.26. The summed E-state index contributed by atoms with van der Waals surface area (Å²) in [6, 6.07) is 2.41. The minimum Gasteiger partial charge on any atom is -0.394 e. The molecule has 1 aliphatic rings. The summed E-state index contributed by atoms with van der Waals surface area (Å²) in [7, 11) is 0. The van der Waals surface area contributed by atoms with Crippen molar-refractivity contribution in [3.63, 3.8) is 0 Å². The van der Waals surface area contributed by atoms with Crippen LogP contribution in [0.3, 0.4) is 0 Å². The van der Waals surface area contributed by atoms with E-state index < -0.39 is 0 Å². The molecule has 2 N–H and O–H groups in total. The van der Waals surface area contributed by atoms with Crippen LogP contribution < -0.4 is 5.32 Å². The number of hydrogen-bond donors (Lipinski definition) is 2. The highest BCUT2D eigenvalue weighted by Crippen LogP contribution is 2.37. The number of thiophene rings is 1. The summed E-state index contributed by atoms with van der Waals surface area (Å²) < 4.78 is 2.12. The molecule has 1 saturated carbocycles. The molecule has 1 fully saturated rings. The van der Waals surface area contributed by atoms with Crippen molar-refractivity contribution in [3.05, 3.63) is 34.5 Å². The molecule has 3 aromatic rings. The van der Waals surface area contributed by atoms with Gasteiger partial charge in [-0.3, -0.25) is 0 Å². The number of aromatic nitrogens is 4. The largest absolute Gasteiger partial charge is 0.394 e. The highest BCUT2D eigenvalue weighted by molar-refractivity contribution is 7.10. The predicted octanol–water partition coefficient (Wildman–Crippen LogP) is 2.68. The first-order valence-electron chi connectivity index (χ1n) is 7.37. The van der Waals surface area contributed by atoms with Crippen LogP contribution in [-0.2, 0) is 0 Å². The minimum absolute atomic E-state index is 0.0101. The Balaban J connectivity index is 1.70. The van der Waals surface area contributed by atoms with E-state index in [1.807, 2.05) is 18.6 Å². The topological polar surface area (TPSA) is 75.9 Å². The number of aryl methyl sites for hydroxylation is 1. The van der Waals surface area contributed by atoms with Gasteiger partial charge in [-0.1, -0.05) is 0 Å². The second-order valence-electron chi connectivity index (χ2n) is 5.62. The van der Waals surface area contributed by atoms with Crippen molar-refractivity contribution >= 4 is 28.3 Å². The first kappa shape index (κ1) is 13.7. The van der Waals surface area contributed by atoms with Crippen LogP contribution in [0.15, 0.2) is 24.1 Å². The highest BCUT2D eigenvalue weighted by atomic mass is 32.1. The first-order valence-corrected chi connectivity index (χ1v) is 8.25. The molecule has 0 aliphatic heterocycles.